The van der Waals surface area contributed by atoms with Crippen LogP contribution >= 0.6 is 11.6 Å². The summed E-state index contributed by atoms with van der Waals surface area (Å²) in [5.41, 5.74) is 4.90. The number of hydrogen-bond donors (Lipinski definition) is 2. The molecule has 0 aliphatic rings. The van der Waals surface area contributed by atoms with Gasteiger partial charge < -0.3 is 10.5 Å². The van der Waals surface area contributed by atoms with E-state index in [1.807, 2.05) is 0 Å². The normalized spacial score (nSPS) is 11.4. The number of rotatable bonds is 3. The lowest BCUT2D eigenvalue weighted by molar-refractivity contribution is -0.127. The van der Waals surface area contributed by atoms with Crippen molar-refractivity contribution in [3.63, 3.8) is 0 Å². The van der Waals surface area contributed by atoms with Gasteiger partial charge in [-0.15, -0.1) is 0 Å². The van der Waals surface area contributed by atoms with Gasteiger partial charge in [0.1, 0.15) is 0 Å². The van der Waals surface area contributed by atoms with Gasteiger partial charge in [0.25, 0.3) is 5.91 Å². The second-order valence-corrected chi connectivity index (χ2v) is 3.79. The highest BCUT2D eigenvalue weighted by Crippen LogP contribution is 2.16. The van der Waals surface area contributed by atoms with Crippen LogP contribution in [0.4, 0.5) is 4.79 Å². The minimum Gasteiger partial charge on any atom is -0.449 e. The summed E-state index contributed by atoms with van der Waals surface area (Å²) in [5.74, 6) is -1.56. The van der Waals surface area contributed by atoms with E-state index in [4.69, 9.17) is 22.1 Å². The largest absolute Gasteiger partial charge is 0.449 e. The average molecular weight is 271 g/mol. The number of imide groups is 1. The molecule has 0 heterocycles. The van der Waals surface area contributed by atoms with E-state index in [0.29, 0.717) is 0 Å². The van der Waals surface area contributed by atoms with Gasteiger partial charge in [-0.05, 0) is 19.1 Å². The molecule has 18 heavy (non-hydrogen) atoms. The number of halogens is 1. The minimum absolute atomic E-state index is 0.137. The summed E-state index contributed by atoms with van der Waals surface area (Å²) in [6.07, 6.45) is -1.15. The summed E-state index contributed by atoms with van der Waals surface area (Å²) in [5, 5.41) is 2.02. The first-order valence-electron chi connectivity index (χ1n) is 4.97. The highest BCUT2D eigenvalue weighted by atomic mass is 35.5. The lowest BCUT2D eigenvalue weighted by atomic mass is 10.2. The number of amides is 3. The predicted molar refractivity (Wildman–Crippen MR) is 64.1 cm³/mol. The molecule has 96 valence electrons. The van der Waals surface area contributed by atoms with E-state index in [1.54, 1.807) is 17.4 Å². The molecule has 0 bridgehead atoms. The summed E-state index contributed by atoms with van der Waals surface area (Å²) in [7, 11) is 0. The summed E-state index contributed by atoms with van der Waals surface area (Å²) in [6, 6.07) is 5.23. The first-order valence-corrected chi connectivity index (χ1v) is 5.35. The topological polar surface area (TPSA) is 98.5 Å². The van der Waals surface area contributed by atoms with Crippen molar-refractivity contribution in [2.75, 3.05) is 0 Å². The predicted octanol–water partition coefficient (Wildman–Crippen LogP) is 1.08. The third-order valence-electron chi connectivity index (χ3n) is 1.99. The Morgan fingerprint density at radius 1 is 1.33 bits per heavy atom. The number of nitrogens with one attached hydrogen (secondary N) is 1. The zero-order valence-electron chi connectivity index (χ0n) is 9.48. The Labute approximate surface area is 108 Å². The number of esters is 1. The van der Waals surface area contributed by atoms with Crippen LogP contribution in [-0.4, -0.2) is 24.0 Å². The molecule has 0 unspecified atom stereocenters. The van der Waals surface area contributed by atoms with E-state index in [-0.39, 0.29) is 10.6 Å². The van der Waals surface area contributed by atoms with Crippen molar-refractivity contribution >= 4 is 29.5 Å². The van der Waals surface area contributed by atoms with Gasteiger partial charge in [-0.1, -0.05) is 23.7 Å². The SMILES string of the molecule is C[C@H](OC(=O)c1ccccc1Cl)C(=O)NC(N)=O. The summed E-state index contributed by atoms with van der Waals surface area (Å²) in [6.45, 7) is 1.31. The van der Waals surface area contributed by atoms with Gasteiger partial charge in [0, 0.05) is 0 Å². The number of benzene rings is 1. The molecule has 1 aromatic carbocycles. The molecular formula is C11H11ClN2O4. The maximum Gasteiger partial charge on any atom is 0.340 e. The van der Waals surface area contributed by atoms with Crippen LogP contribution in [0, 0.1) is 0 Å². The highest BCUT2D eigenvalue weighted by Gasteiger charge is 2.21. The summed E-state index contributed by atoms with van der Waals surface area (Å²) >= 11 is 5.79. The van der Waals surface area contributed by atoms with Crippen molar-refractivity contribution in [2.24, 2.45) is 5.73 Å². The molecule has 7 heteroatoms. The van der Waals surface area contributed by atoms with Crippen LogP contribution in [0.1, 0.15) is 17.3 Å². The van der Waals surface area contributed by atoms with E-state index in [0.717, 1.165) is 0 Å². The number of primary amides is 1. The van der Waals surface area contributed by atoms with Crippen LogP contribution in [0.5, 0.6) is 0 Å². The Morgan fingerprint density at radius 2 is 1.94 bits per heavy atom. The van der Waals surface area contributed by atoms with Crippen molar-refractivity contribution in [3.05, 3.63) is 34.9 Å². The third-order valence-corrected chi connectivity index (χ3v) is 2.32. The molecule has 0 aromatic heterocycles. The molecule has 6 nitrogen and oxygen atoms in total. The fourth-order valence-electron chi connectivity index (χ4n) is 1.13. The molecule has 3 amide bonds. The van der Waals surface area contributed by atoms with E-state index in [1.165, 1.54) is 19.1 Å². The first kappa shape index (κ1) is 14.0. The van der Waals surface area contributed by atoms with Gasteiger partial charge in [-0.2, -0.15) is 0 Å². The Hall–Kier alpha value is -2.08. The second-order valence-electron chi connectivity index (χ2n) is 3.38. The molecule has 0 radical (unpaired) electrons. The van der Waals surface area contributed by atoms with E-state index in [2.05, 4.69) is 0 Å². The summed E-state index contributed by atoms with van der Waals surface area (Å²) < 4.78 is 4.84. The minimum atomic E-state index is -1.15. The van der Waals surface area contributed by atoms with Crippen LogP contribution < -0.4 is 11.1 Å². The van der Waals surface area contributed by atoms with Crippen molar-refractivity contribution in [1.82, 2.24) is 5.32 Å². The first-order chi connectivity index (χ1) is 8.41. The smallest absolute Gasteiger partial charge is 0.340 e. The number of carbonyl (C=O) groups excluding carboxylic acids is 3. The van der Waals surface area contributed by atoms with Crippen molar-refractivity contribution in [2.45, 2.75) is 13.0 Å². The van der Waals surface area contributed by atoms with Crippen LogP contribution in [0.2, 0.25) is 5.02 Å². The zero-order chi connectivity index (χ0) is 13.7. The maximum atomic E-state index is 11.7. The zero-order valence-corrected chi connectivity index (χ0v) is 10.2. The van der Waals surface area contributed by atoms with Gasteiger partial charge in [-0.3, -0.25) is 10.1 Å². The number of nitrogens with two attached hydrogens (primary N) is 1. The van der Waals surface area contributed by atoms with Gasteiger partial charge in [-0.25, -0.2) is 9.59 Å². The number of carbonyl (C=O) groups is 3. The van der Waals surface area contributed by atoms with Gasteiger partial charge >= 0.3 is 12.0 Å². The summed E-state index contributed by atoms with van der Waals surface area (Å²) in [4.78, 5) is 33.4. The molecule has 0 saturated carbocycles. The van der Waals surface area contributed by atoms with Crippen molar-refractivity contribution in [3.8, 4) is 0 Å². The van der Waals surface area contributed by atoms with Crippen molar-refractivity contribution < 1.29 is 19.1 Å². The van der Waals surface area contributed by atoms with Crippen LogP contribution in [0.3, 0.4) is 0 Å². The average Bonchev–Trinajstić information content (AvgIpc) is 2.28. The fourth-order valence-corrected chi connectivity index (χ4v) is 1.34. The Kier molecular flexibility index (Phi) is 4.67. The Bertz CT molecular complexity index is 490. The molecular weight excluding hydrogens is 260 g/mol. The number of hydrogen-bond acceptors (Lipinski definition) is 4. The van der Waals surface area contributed by atoms with Gasteiger partial charge in [0.2, 0.25) is 0 Å². The molecule has 0 aliphatic heterocycles. The van der Waals surface area contributed by atoms with E-state index < -0.39 is 24.0 Å². The van der Waals surface area contributed by atoms with Gasteiger partial charge in [0.15, 0.2) is 6.10 Å². The lowest BCUT2D eigenvalue weighted by Crippen LogP contribution is -2.42. The Morgan fingerprint density at radius 3 is 2.50 bits per heavy atom. The Balaban J connectivity index is 2.68. The molecule has 0 fully saturated rings. The van der Waals surface area contributed by atoms with Crippen LogP contribution in [0.15, 0.2) is 24.3 Å². The molecule has 1 atom stereocenters. The molecule has 3 N–H and O–H groups in total. The number of ether oxygens (including phenoxy) is 1. The second kappa shape index (κ2) is 6.02. The molecule has 1 rings (SSSR count). The quantitative estimate of drug-likeness (QED) is 0.803. The molecule has 0 aliphatic carbocycles. The molecule has 0 saturated heterocycles. The van der Waals surface area contributed by atoms with E-state index >= 15 is 0 Å². The van der Waals surface area contributed by atoms with Crippen LogP contribution in [0.25, 0.3) is 0 Å². The number of urea groups is 1. The maximum absolute atomic E-state index is 11.7. The third kappa shape index (κ3) is 3.74. The molecule has 0 spiro atoms. The highest BCUT2D eigenvalue weighted by molar-refractivity contribution is 6.33. The monoisotopic (exact) mass is 270 g/mol. The van der Waals surface area contributed by atoms with Crippen LogP contribution in [-0.2, 0) is 9.53 Å². The fraction of sp³-hybridized carbons (Fsp3) is 0.182. The molecule has 1 aromatic rings. The van der Waals surface area contributed by atoms with E-state index in [9.17, 15) is 14.4 Å². The lowest BCUT2D eigenvalue weighted by Gasteiger charge is -2.12. The standard InChI is InChI=1S/C11H11ClN2O4/c1-6(9(15)14-11(13)17)18-10(16)7-4-2-3-5-8(7)12/h2-6H,1H3,(H3,13,14,15,17)/t6-/m0/s1. The van der Waals surface area contributed by atoms with Gasteiger partial charge in [0.05, 0.1) is 10.6 Å². The van der Waals surface area contributed by atoms with Crippen molar-refractivity contribution in [1.29, 1.82) is 0 Å².